The quantitative estimate of drug-likeness (QED) is 0.730. The normalized spacial score (nSPS) is 13.7. The molecule has 0 radical (unpaired) electrons. The zero-order chi connectivity index (χ0) is 16.0. The van der Waals surface area contributed by atoms with Crippen LogP contribution in [0.25, 0.3) is 0 Å². The molecule has 0 aliphatic carbocycles. The fourth-order valence-electron chi connectivity index (χ4n) is 2.54. The van der Waals surface area contributed by atoms with Crippen LogP contribution in [0.15, 0.2) is 4.47 Å². The van der Waals surface area contributed by atoms with Crippen LogP contribution in [-0.4, -0.2) is 35.1 Å². The molecule has 1 unspecified atom stereocenters. The van der Waals surface area contributed by atoms with E-state index in [9.17, 15) is 0 Å². The van der Waals surface area contributed by atoms with Crippen LogP contribution in [-0.2, 0) is 17.7 Å². The lowest BCUT2D eigenvalue weighted by Gasteiger charge is -2.29. The standard InChI is InChI=1S/C16H30BrN3O/c1-7-9-18-13(11-16(4,5)21-6)10-14-15(17)12(3)19-20(14)8-2/h13,18H,7-11H2,1-6H3. The van der Waals surface area contributed by atoms with E-state index in [0.717, 1.165) is 42.5 Å². The average molecular weight is 360 g/mol. The zero-order valence-electron chi connectivity index (χ0n) is 14.3. The van der Waals surface area contributed by atoms with Gasteiger partial charge in [-0.2, -0.15) is 5.10 Å². The van der Waals surface area contributed by atoms with Gasteiger partial charge in [-0.15, -0.1) is 0 Å². The van der Waals surface area contributed by atoms with Crippen LogP contribution in [0, 0.1) is 6.92 Å². The molecular formula is C16H30BrN3O. The van der Waals surface area contributed by atoms with Gasteiger partial charge in [0.2, 0.25) is 0 Å². The number of ether oxygens (including phenoxy) is 1. The first-order valence-corrected chi connectivity index (χ1v) is 8.64. The number of aryl methyl sites for hydroxylation is 2. The number of methoxy groups -OCH3 is 1. The van der Waals surface area contributed by atoms with Gasteiger partial charge < -0.3 is 10.1 Å². The molecule has 0 spiro atoms. The molecule has 1 N–H and O–H groups in total. The summed E-state index contributed by atoms with van der Waals surface area (Å²) in [6.07, 6.45) is 3.07. The van der Waals surface area contributed by atoms with Gasteiger partial charge in [-0.1, -0.05) is 6.92 Å². The Balaban J connectivity index is 2.90. The maximum Gasteiger partial charge on any atom is 0.0738 e. The highest BCUT2D eigenvalue weighted by Crippen LogP contribution is 2.25. The smallest absolute Gasteiger partial charge is 0.0738 e. The second-order valence-corrected chi connectivity index (χ2v) is 6.98. The third kappa shape index (κ3) is 5.38. The van der Waals surface area contributed by atoms with E-state index in [4.69, 9.17) is 4.74 Å². The molecule has 0 bridgehead atoms. The number of rotatable bonds is 9. The minimum Gasteiger partial charge on any atom is -0.379 e. The molecule has 1 aromatic rings. The summed E-state index contributed by atoms with van der Waals surface area (Å²) in [4.78, 5) is 0. The Labute approximate surface area is 137 Å². The molecule has 1 heterocycles. The van der Waals surface area contributed by atoms with Crippen molar-refractivity contribution in [2.45, 2.75) is 72.1 Å². The molecule has 0 aliphatic heterocycles. The van der Waals surface area contributed by atoms with E-state index in [1.807, 2.05) is 6.92 Å². The minimum absolute atomic E-state index is 0.121. The molecule has 4 nitrogen and oxygen atoms in total. The van der Waals surface area contributed by atoms with Crippen LogP contribution in [0.4, 0.5) is 0 Å². The van der Waals surface area contributed by atoms with Gasteiger partial charge >= 0.3 is 0 Å². The molecule has 5 heteroatoms. The number of nitrogens with one attached hydrogen (secondary N) is 1. The first-order chi connectivity index (χ1) is 9.84. The summed E-state index contributed by atoms with van der Waals surface area (Å²) in [7, 11) is 1.78. The Morgan fingerprint density at radius 1 is 1.38 bits per heavy atom. The number of hydrogen-bond acceptors (Lipinski definition) is 3. The first kappa shape index (κ1) is 18.7. The molecule has 1 aromatic heterocycles. The molecule has 0 aliphatic rings. The van der Waals surface area contributed by atoms with Crippen molar-refractivity contribution in [1.82, 2.24) is 15.1 Å². The summed E-state index contributed by atoms with van der Waals surface area (Å²) < 4.78 is 8.84. The average Bonchev–Trinajstić information content (AvgIpc) is 2.72. The number of nitrogens with zero attached hydrogens (tertiary/aromatic N) is 2. The van der Waals surface area contributed by atoms with Crippen LogP contribution in [0.5, 0.6) is 0 Å². The molecule has 1 rings (SSSR count). The molecule has 0 aromatic carbocycles. The van der Waals surface area contributed by atoms with Crippen molar-refractivity contribution < 1.29 is 4.74 Å². The second kappa shape index (κ2) is 8.30. The highest BCUT2D eigenvalue weighted by molar-refractivity contribution is 9.10. The van der Waals surface area contributed by atoms with Crippen molar-refractivity contribution in [1.29, 1.82) is 0 Å². The van der Waals surface area contributed by atoms with Crippen LogP contribution in [0.2, 0.25) is 0 Å². The van der Waals surface area contributed by atoms with Crippen molar-refractivity contribution in [2.24, 2.45) is 0 Å². The third-order valence-corrected chi connectivity index (χ3v) is 4.90. The Hall–Kier alpha value is -0.390. The van der Waals surface area contributed by atoms with Crippen molar-refractivity contribution in [3.05, 3.63) is 15.9 Å². The monoisotopic (exact) mass is 359 g/mol. The molecule has 0 amide bonds. The van der Waals surface area contributed by atoms with Gasteiger partial charge in [-0.05, 0) is 63.0 Å². The summed E-state index contributed by atoms with van der Waals surface area (Å²) in [6.45, 7) is 12.6. The third-order valence-electron chi connectivity index (χ3n) is 3.87. The predicted molar refractivity (Wildman–Crippen MR) is 91.8 cm³/mol. The van der Waals surface area contributed by atoms with Crippen LogP contribution < -0.4 is 5.32 Å². The summed E-state index contributed by atoms with van der Waals surface area (Å²) >= 11 is 3.69. The topological polar surface area (TPSA) is 39.1 Å². The van der Waals surface area contributed by atoms with Crippen LogP contribution in [0.3, 0.4) is 0 Å². The van der Waals surface area contributed by atoms with E-state index in [-0.39, 0.29) is 5.60 Å². The molecule has 0 fully saturated rings. The van der Waals surface area contributed by atoms with E-state index in [1.165, 1.54) is 5.69 Å². The zero-order valence-corrected chi connectivity index (χ0v) is 15.9. The van der Waals surface area contributed by atoms with Gasteiger partial charge in [0.1, 0.15) is 0 Å². The fraction of sp³-hybridized carbons (Fsp3) is 0.812. The van der Waals surface area contributed by atoms with E-state index < -0.39 is 0 Å². The Kier molecular flexibility index (Phi) is 7.37. The summed E-state index contributed by atoms with van der Waals surface area (Å²) in [6, 6.07) is 0.387. The summed E-state index contributed by atoms with van der Waals surface area (Å²) in [5, 5.41) is 8.24. The fourth-order valence-corrected chi connectivity index (χ4v) is 2.98. The van der Waals surface area contributed by atoms with E-state index in [2.05, 4.69) is 58.7 Å². The molecule has 0 saturated heterocycles. The van der Waals surface area contributed by atoms with Crippen molar-refractivity contribution in [3.63, 3.8) is 0 Å². The van der Waals surface area contributed by atoms with Gasteiger partial charge in [-0.25, -0.2) is 0 Å². The molecule has 122 valence electrons. The second-order valence-electron chi connectivity index (χ2n) is 6.18. The van der Waals surface area contributed by atoms with E-state index in [0.29, 0.717) is 6.04 Å². The highest BCUT2D eigenvalue weighted by atomic mass is 79.9. The van der Waals surface area contributed by atoms with Crippen molar-refractivity contribution >= 4 is 15.9 Å². The maximum atomic E-state index is 5.60. The highest BCUT2D eigenvalue weighted by Gasteiger charge is 2.25. The van der Waals surface area contributed by atoms with Gasteiger partial charge in [0, 0.05) is 26.1 Å². The molecule has 0 saturated carbocycles. The maximum absolute atomic E-state index is 5.60. The van der Waals surface area contributed by atoms with Crippen molar-refractivity contribution in [3.8, 4) is 0 Å². The minimum atomic E-state index is -0.121. The van der Waals surface area contributed by atoms with E-state index in [1.54, 1.807) is 7.11 Å². The van der Waals surface area contributed by atoms with Gasteiger partial charge in [0.05, 0.1) is 21.5 Å². The Morgan fingerprint density at radius 2 is 2.05 bits per heavy atom. The number of hydrogen-bond donors (Lipinski definition) is 1. The lowest BCUT2D eigenvalue weighted by Crippen LogP contribution is -2.40. The summed E-state index contributed by atoms with van der Waals surface area (Å²) in [5.74, 6) is 0. The van der Waals surface area contributed by atoms with Crippen molar-refractivity contribution in [2.75, 3.05) is 13.7 Å². The Bertz CT molecular complexity index is 443. The number of aromatic nitrogens is 2. The number of halogens is 1. The lowest BCUT2D eigenvalue weighted by atomic mass is 9.95. The molecule has 21 heavy (non-hydrogen) atoms. The lowest BCUT2D eigenvalue weighted by molar-refractivity contribution is 0.00698. The Morgan fingerprint density at radius 3 is 2.57 bits per heavy atom. The van der Waals surface area contributed by atoms with E-state index >= 15 is 0 Å². The van der Waals surface area contributed by atoms with Gasteiger partial charge in [0.15, 0.2) is 0 Å². The predicted octanol–water partition coefficient (Wildman–Crippen LogP) is 3.70. The van der Waals surface area contributed by atoms with Crippen LogP contribution in [0.1, 0.15) is 51.9 Å². The van der Waals surface area contributed by atoms with Gasteiger partial charge in [-0.3, -0.25) is 4.68 Å². The molecular weight excluding hydrogens is 330 g/mol. The first-order valence-electron chi connectivity index (χ1n) is 7.84. The molecule has 1 atom stereocenters. The summed E-state index contributed by atoms with van der Waals surface area (Å²) in [5.41, 5.74) is 2.21. The SMILES string of the molecule is CCCNC(Cc1c(Br)c(C)nn1CC)CC(C)(C)OC. The largest absolute Gasteiger partial charge is 0.379 e. The van der Waals surface area contributed by atoms with Crippen LogP contribution >= 0.6 is 15.9 Å². The van der Waals surface area contributed by atoms with Gasteiger partial charge in [0.25, 0.3) is 0 Å².